The van der Waals surface area contributed by atoms with Gasteiger partial charge in [-0.3, -0.25) is 4.79 Å². The van der Waals surface area contributed by atoms with Gasteiger partial charge in [0.15, 0.2) is 0 Å². The van der Waals surface area contributed by atoms with E-state index in [1.165, 1.54) is 0 Å². The first-order chi connectivity index (χ1) is 16.1. The fourth-order valence-electron chi connectivity index (χ4n) is 4.80. The van der Waals surface area contributed by atoms with Gasteiger partial charge in [-0.2, -0.15) is 0 Å². The molecule has 0 spiro atoms. The SMILES string of the molecule is O=C(NCCO)C1=C[C@H]2OCO[C@H]2[C@H](OC(=O)c2ccc(C=CC3CCC4OC4C3)cc2)C1. The predicted molar refractivity (Wildman–Crippen MR) is 118 cm³/mol. The number of aliphatic hydroxyl groups excluding tert-OH is 1. The molecule has 3 unspecified atom stereocenters. The molecule has 2 heterocycles. The Morgan fingerprint density at radius 1 is 1.15 bits per heavy atom. The van der Waals surface area contributed by atoms with Gasteiger partial charge < -0.3 is 29.4 Å². The van der Waals surface area contributed by atoms with Crippen molar-refractivity contribution in [2.75, 3.05) is 19.9 Å². The van der Waals surface area contributed by atoms with Crippen molar-refractivity contribution in [2.24, 2.45) is 5.92 Å². The molecule has 1 aromatic rings. The van der Waals surface area contributed by atoms with Gasteiger partial charge >= 0.3 is 5.97 Å². The van der Waals surface area contributed by atoms with Crippen LogP contribution in [-0.4, -0.2) is 67.4 Å². The van der Waals surface area contributed by atoms with E-state index in [1.54, 1.807) is 18.2 Å². The van der Waals surface area contributed by atoms with Crippen molar-refractivity contribution in [1.82, 2.24) is 5.32 Å². The van der Waals surface area contributed by atoms with Crippen molar-refractivity contribution in [3.05, 3.63) is 53.1 Å². The number of carbonyl (C=O) groups is 2. The van der Waals surface area contributed by atoms with Crippen molar-refractivity contribution in [3.8, 4) is 0 Å². The number of fused-ring (bicyclic) bond motifs is 2. The summed E-state index contributed by atoms with van der Waals surface area (Å²) in [6.07, 6.45) is 9.08. The van der Waals surface area contributed by atoms with E-state index in [4.69, 9.17) is 24.1 Å². The fraction of sp³-hybridized carbons (Fsp3) is 0.520. The Morgan fingerprint density at radius 2 is 2.00 bits per heavy atom. The summed E-state index contributed by atoms with van der Waals surface area (Å²) in [5.74, 6) is -0.231. The van der Waals surface area contributed by atoms with Gasteiger partial charge in [0, 0.05) is 18.5 Å². The highest BCUT2D eigenvalue weighted by atomic mass is 16.7. The van der Waals surface area contributed by atoms with Crippen LogP contribution in [0.5, 0.6) is 0 Å². The summed E-state index contributed by atoms with van der Waals surface area (Å²) in [6.45, 7) is 0.0911. The maximum Gasteiger partial charge on any atom is 0.338 e. The van der Waals surface area contributed by atoms with E-state index in [0.29, 0.717) is 29.3 Å². The van der Waals surface area contributed by atoms with Crippen LogP contribution in [0.15, 0.2) is 42.0 Å². The molecule has 1 amide bonds. The highest BCUT2D eigenvalue weighted by Crippen LogP contribution is 2.40. The Kier molecular flexibility index (Phi) is 6.59. The zero-order valence-corrected chi connectivity index (χ0v) is 18.4. The quantitative estimate of drug-likeness (QED) is 0.478. The number of amides is 1. The standard InChI is InChI=1S/C25H29NO7/c27-10-9-26-24(28)18-12-21-23(31-14-30-21)22(13-18)33-25(29)17-6-3-15(4-7-17)1-2-16-5-8-19-20(11-16)32-19/h1-4,6-7,12,16,19-23,27H,5,8-11,13-14H2,(H,26,28)/t16?,19?,20?,21-,22-,23-/m1/s1. The number of esters is 1. The monoisotopic (exact) mass is 455 g/mol. The number of ether oxygens (including phenoxy) is 4. The van der Waals surface area contributed by atoms with Crippen LogP contribution in [0.3, 0.4) is 0 Å². The molecular formula is C25H29NO7. The van der Waals surface area contributed by atoms with Gasteiger partial charge in [-0.15, -0.1) is 0 Å². The highest BCUT2D eigenvalue weighted by Gasteiger charge is 2.43. The number of hydrogen-bond acceptors (Lipinski definition) is 7. The maximum absolute atomic E-state index is 12.8. The molecule has 2 aliphatic heterocycles. The summed E-state index contributed by atoms with van der Waals surface area (Å²) in [7, 11) is 0. The normalized spacial score (nSPS) is 32.6. The maximum atomic E-state index is 12.8. The van der Waals surface area contributed by atoms with Gasteiger partial charge in [0.1, 0.15) is 25.1 Å². The number of carbonyl (C=O) groups excluding carboxylic acids is 2. The first-order valence-corrected chi connectivity index (χ1v) is 11.6. The first-order valence-electron chi connectivity index (χ1n) is 11.6. The largest absolute Gasteiger partial charge is 0.456 e. The lowest BCUT2D eigenvalue weighted by Crippen LogP contribution is -2.43. The van der Waals surface area contributed by atoms with Gasteiger partial charge in [0.2, 0.25) is 5.91 Å². The number of allylic oxidation sites excluding steroid dienone is 1. The molecule has 33 heavy (non-hydrogen) atoms. The molecule has 4 aliphatic rings. The molecule has 176 valence electrons. The molecule has 0 bridgehead atoms. The molecule has 2 saturated heterocycles. The molecule has 2 aliphatic carbocycles. The number of epoxide rings is 1. The van der Waals surface area contributed by atoms with Crippen LogP contribution in [0.25, 0.3) is 6.08 Å². The van der Waals surface area contributed by atoms with Gasteiger partial charge in [-0.1, -0.05) is 24.3 Å². The third kappa shape index (κ3) is 5.19. The van der Waals surface area contributed by atoms with Crippen LogP contribution in [0.1, 0.15) is 41.6 Å². The minimum Gasteiger partial charge on any atom is -0.456 e. The van der Waals surface area contributed by atoms with E-state index in [1.807, 2.05) is 12.1 Å². The van der Waals surface area contributed by atoms with Crippen molar-refractivity contribution < 1.29 is 33.6 Å². The summed E-state index contributed by atoms with van der Waals surface area (Å²) >= 11 is 0. The van der Waals surface area contributed by atoms with Crippen LogP contribution in [0.4, 0.5) is 0 Å². The minimum atomic E-state index is -0.635. The molecule has 2 N–H and O–H groups in total. The zero-order valence-electron chi connectivity index (χ0n) is 18.4. The number of benzene rings is 1. The van der Waals surface area contributed by atoms with E-state index < -0.39 is 24.3 Å². The molecule has 8 heteroatoms. The van der Waals surface area contributed by atoms with Crippen molar-refractivity contribution >= 4 is 18.0 Å². The Labute approximate surface area is 192 Å². The minimum absolute atomic E-state index is 0.0843. The van der Waals surface area contributed by atoms with E-state index in [9.17, 15) is 9.59 Å². The van der Waals surface area contributed by atoms with E-state index in [2.05, 4.69) is 17.5 Å². The second kappa shape index (κ2) is 9.77. The van der Waals surface area contributed by atoms with Crippen LogP contribution < -0.4 is 5.32 Å². The van der Waals surface area contributed by atoms with E-state index >= 15 is 0 Å². The summed E-state index contributed by atoms with van der Waals surface area (Å²) in [4.78, 5) is 25.1. The smallest absolute Gasteiger partial charge is 0.338 e. The number of nitrogens with one attached hydrogen (secondary N) is 1. The molecule has 5 rings (SSSR count). The Morgan fingerprint density at radius 3 is 2.79 bits per heavy atom. The average Bonchev–Trinajstić information content (AvgIpc) is 3.45. The molecule has 0 radical (unpaired) electrons. The summed E-state index contributed by atoms with van der Waals surface area (Å²) in [5, 5.41) is 11.6. The zero-order chi connectivity index (χ0) is 22.8. The number of aliphatic hydroxyl groups is 1. The lowest BCUT2D eigenvalue weighted by atomic mass is 9.89. The highest BCUT2D eigenvalue weighted by molar-refractivity contribution is 5.94. The van der Waals surface area contributed by atoms with Crippen molar-refractivity contribution in [1.29, 1.82) is 0 Å². The van der Waals surface area contributed by atoms with Crippen LogP contribution in [-0.2, 0) is 23.7 Å². The van der Waals surface area contributed by atoms with Crippen LogP contribution >= 0.6 is 0 Å². The molecule has 3 fully saturated rings. The van der Waals surface area contributed by atoms with Crippen LogP contribution in [0, 0.1) is 5.92 Å². The Hall–Kier alpha value is -2.52. The summed E-state index contributed by atoms with van der Waals surface area (Å²) in [5.41, 5.74) is 1.93. The van der Waals surface area contributed by atoms with Crippen LogP contribution in [0.2, 0.25) is 0 Å². The van der Waals surface area contributed by atoms with E-state index in [-0.39, 0.29) is 32.3 Å². The Bertz CT molecular complexity index is 941. The molecule has 1 aromatic carbocycles. The number of hydrogen-bond donors (Lipinski definition) is 2. The van der Waals surface area contributed by atoms with Gasteiger partial charge in [0.05, 0.1) is 24.4 Å². The third-order valence-electron chi connectivity index (χ3n) is 6.70. The first kappa shape index (κ1) is 22.3. The topological polar surface area (TPSA) is 107 Å². The summed E-state index contributed by atoms with van der Waals surface area (Å²) < 4.78 is 22.5. The number of rotatable bonds is 7. The van der Waals surface area contributed by atoms with E-state index in [0.717, 1.165) is 24.8 Å². The van der Waals surface area contributed by atoms with Gasteiger partial charge in [-0.25, -0.2) is 4.79 Å². The Balaban J connectivity index is 1.19. The van der Waals surface area contributed by atoms with Crippen molar-refractivity contribution in [2.45, 2.75) is 56.2 Å². The summed E-state index contributed by atoms with van der Waals surface area (Å²) in [6, 6.07) is 7.30. The third-order valence-corrected chi connectivity index (χ3v) is 6.70. The second-order valence-corrected chi connectivity index (χ2v) is 8.97. The second-order valence-electron chi connectivity index (χ2n) is 8.97. The molecule has 8 nitrogen and oxygen atoms in total. The van der Waals surface area contributed by atoms with Gasteiger partial charge in [-0.05, 0) is 49.0 Å². The molecule has 6 atom stereocenters. The predicted octanol–water partition coefficient (Wildman–Crippen LogP) is 1.97. The van der Waals surface area contributed by atoms with Gasteiger partial charge in [0.25, 0.3) is 0 Å². The lowest BCUT2D eigenvalue weighted by molar-refractivity contribution is -0.118. The lowest BCUT2D eigenvalue weighted by Gasteiger charge is -2.30. The molecule has 0 aromatic heterocycles. The average molecular weight is 456 g/mol. The molecular weight excluding hydrogens is 426 g/mol. The van der Waals surface area contributed by atoms with Crippen molar-refractivity contribution in [3.63, 3.8) is 0 Å². The fourth-order valence-corrected chi connectivity index (χ4v) is 4.80. The molecule has 1 saturated carbocycles.